The number of rotatable bonds is 5. The fraction of sp³-hybridized carbons (Fsp3) is 0.583. The maximum atomic E-state index is 11.2. The minimum Gasteiger partial charge on any atom is -0.382 e. The van der Waals surface area contributed by atoms with Gasteiger partial charge in [-0.25, -0.2) is 0 Å². The summed E-state index contributed by atoms with van der Waals surface area (Å²) in [4.78, 5) is 19.4. The maximum absolute atomic E-state index is 11.2. The van der Waals surface area contributed by atoms with Crippen LogP contribution in [0, 0.1) is 0 Å². The van der Waals surface area contributed by atoms with Gasteiger partial charge in [-0.3, -0.25) is 9.63 Å². The molecular formula is C12H18N2O3. The topological polar surface area (TPSA) is 63.4 Å². The Balaban J connectivity index is 1.99. The summed E-state index contributed by atoms with van der Waals surface area (Å²) in [5.41, 5.74) is 5.15. The first-order chi connectivity index (χ1) is 8.31. The van der Waals surface area contributed by atoms with E-state index in [1.807, 2.05) is 6.07 Å². The fourth-order valence-corrected chi connectivity index (χ4v) is 2.11. The van der Waals surface area contributed by atoms with Gasteiger partial charge >= 0.3 is 0 Å². The number of aryl methyl sites for hydroxylation is 1. The number of H-pyrrole nitrogens is 1. The van der Waals surface area contributed by atoms with Crippen LogP contribution in [0.15, 0.2) is 16.9 Å². The van der Waals surface area contributed by atoms with Gasteiger partial charge in [0.1, 0.15) is 0 Å². The molecule has 0 radical (unpaired) electrons. The van der Waals surface area contributed by atoms with Crippen LogP contribution in [0.1, 0.15) is 30.1 Å². The molecule has 1 unspecified atom stereocenters. The minimum atomic E-state index is -0.0373. The van der Waals surface area contributed by atoms with E-state index in [2.05, 4.69) is 10.5 Å². The van der Waals surface area contributed by atoms with Gasteiger partial charge in [0.2, 0.25) is 5.56 Å². The number of hydroxylamine groups is 1. The van der Waals surface area contributed by atoms with Crippen LogP contribution >= 0.6 is 0 Å². The number of ether oxygens (including phenoxy) is 1. The van der Waals surface area contributed by atoms with Crippen molar-refractivity contribution in [2.24, 2.45) is 0 Å². The summed E-state index contributed by atoms with van der Waals surface area (Å²) in [6.07, 6.45) is 3.01. The van der Waals surface area contributed by atoms with E-state index >= 15 is 0 Å². The van der Waals surface area contributed by atoms with Gasteiger partial charge in [-0.15, -0.1) is 0 Å². The van der Waals surface area contributed by atoms with E-state index in [1.165, 1.54) is 0 Å². The van der Waals surface area contributed by atoms with Gasteiger partial charge in [0, 0.05) is 18.9 Å². The molecule has 1 aliphatic carbocycles. The van der Waals surface area contributed by atoms with Crippen LogP contribution in [-0.4, -0.2) is 25.3 Å². The van der Waals surface area contributed by atoms with E-state index in [9.17, 15) is 4.79 Å². The molecule has 17 heavy (non-hydrogen) atoms. The minimum absolute atomic E-state index is 0.0373. The first kappa shape index (κ1) is 12.3. The van der Waals surface area contributed by atoms with Crippen molar-refractivity contribution >= 4 is 0 Å². The first-order valence-electron chi connectivity index (χ1n) is 5.89. The molecular weight excluding hydrogens is 220 g/mol. The Labute approximate surface area is 100 Å². The SMILES string of the molecule is COCCONC1CCCc2[nH]c(=O)ccc21. The van der Waals surface area contributed by atoms with Crippen LogP contribution in [0.4, 0.5) is 0 Å². The van der Waals surface area contributed by atoms with Crippen molar-refractivity contribution in [2.75, 3.05) is 20.3 Å². The lowest BCUT2D eigenvalue weighted by atomic mass is 9.92. The van der Waals surface area contributed by atoms with Gasteiger partial charge in [0.15, 0.2) is 0 Å². The first-order valence-corrected chi connectivity index (χ1v) is 5.89. The number of hydrogen-bond acceptors (Lipinski definition) is 4. The molecule has 1 aliphatic rings. The predicted molar refractivity (Wildman–Crippen MR) is 63.7 cm³/mol. The molecule has 1 atom stereocenters. The number of fused-ring (bicyclic) bond motifs is 1. The Morgan fingerprint density at radius 1 is 1.47 bits per heavy atom. The van der Waals surface area contributed by atoms with Crippen LogP contribution in [-0.2, 0) is 16.0 Å². The molecule has 1 aromatic rings. The van der Waals surface area contributed by atoms with E-state index in [0.29, 0.717) is 13.2 Å². The van der Waals surface area contributed by atoms with Gasteiger partial charge < -0.3 is 9.72 Å². The average Bonchev–Trinajstić information content (AvgIpc) is 2.34. The highest BCUT2D eigenvalue weighted by atomic mass is 16.7. The third-order valence-electron chi connectivity index (χ3n) is 2.95. The second-order valence-electron chi connectivity index (χ2n) is 4.16. The summed E-state index contributed by atoms with van der Waals surface area (Å²) in [6.45, 7) is 1.09. The summed E-state index contributed by atoms with van der Waals surface area (Å²) in [6, 6.07) is 3.60. The Bertz CT molecular complexity index is 416. The average molecular weight is 238 g/mol. The predicted octanol–water partition coefficient (Wildman–Crippen LogP) is 0.920. The normalized spacial score (nSPS) is 19.0. The van der Waals surface area contributed by atoms with Crippen molar-refractivity contribution < 1.29 is 9.57 Å². The molecule has 5 nitrogen and oxygen atoms in total. The van der Waals surface area contributed by atoms with Gasteiger partial charge in [0.25, 0.3) is 0 Å². The molecule has 0 saturated heterocycles. The second-order valence-corrected chi connectivity index (χ2v) is 4.16. The monoisotopic (exact) mass is 238 g/mol. The molecule has 0 aromatic carbocycles. The number of hydrogen-bond donors (Lipinski definition) is 2. The maximum Gasteiger partial charge on any atom is 0.248 e. The summed E-state index contributed by atoms with van der Waals surface area (Å²) in [7, 11) is 1.64. The number of methoxy groups -OCH3 is 1. The molecule has 0 spiro atoms. The van der Waals surface area contributed by atoms with Crippen LogP contribution in [0.2, 0.25) is 0 Å². The number of aromatic amines is 1. The van der Waals surface area contributed by atoms with Gasteiger partial charge in [-0.05, 0) is 24.8 Å². The van der Waals surface area contributed by atoms with E-state index in [-0.39, 0.29) is 11.6 Å². The smallest absolute Gasteiger partial charge is 0.248 e. The molecule has 0 saturated carbocycles. The van der Waals surface area contributed by atoms with Crippen molar-refractivity contribution in [1.29, 1.82) is 0 Å². The van der Waals surface area contributed by atoms with Crippen LogP contribution in [0.5, 0.6) is 0 Å². The zero-order valence-corrected chi connectivity index (χ0v) is 9.99. The number of nitrogens with one attached hydrogen (secondary N) is 2. The van der Waals surface area contributed by atoms with Crippen LogP contribution in [0.25, 0.3) is 0 Å². The van der Waals surface area contributed by atoms with Crippen molar-refractivity contribution in [3.63, 3.8) is 0 Å². The van der Waals surface area contributed by atoms with E-state index in [0.717, 1.165) is 30.5 Å². The van der Waals surface area contributed by atoms with Gasteiger partial charge in [-0.1, -0.05) is 6.07 Å². The highest BCUT2D eigenvalue weighted by molar-refractivity contribution is 5.25. The summed E-state index contributed by atoms with van der Waals surface area (Å²) >= 11 is 0. The molecule has 0 aliphatic heterocycles. The molecule has 1 heterocycles. The lowest BCUT2D eigenvalue weighted by Gasteiger charge is -2.25. The van der Waals surface area contributed by atoms with Crippen molar-refractivity contribution in [1.82, 2.24) is 10.5 Å². The molecule has 0 fully saturated rings. The zero-order chi connectivity index (χ0) is 12.1. The zero-order valence-electron chi connectivity index (χ0n) is 9.99. The number of pyridine rings is 1. The van der Waals surface area contributed by atoms with Crippen molar-refractivity contribution in [3.05, 3.63) is 33.7 Å². The van der Waals surface area contributed by atoms with E-state index in [4.69, 9.17) is 9.57 Å². The highest BCUT2D eigenvalue weighted by Gasteiger charge is 2.20. The Hall–Kier alpha value is -1.17. The van der Waals surface area contributed by atoms with E-state index < -0.39 is 0 Å². The van der Waals surface area contributed by atoms with Crippen molar-refractivity contribution in [3.8, 4) is 0 Å². The lowest BCUT2D eigenvalue weighted by Crippen LogP contribution is -2.28. The van der Waals surface area contributed by atoms with Gasteiger partial charge in [-0.2, -0.15) is 5.48 Å². The Morgan fingerprint density at radius 3 is 3.18 bits per heavy atom. The summed E-state index contributed by atoms with van der Waals surface area (Å²) in [5.74, 6) is 0. The summed E-state index contributed by atoms with van der Waals surface area (Å²) < 4.78 is 4.90. The van der Waals surface area contributed by atoms with E-state index in [1.54, 1.807) is 13.2 Å². The van der Waals surface area contributed by atoms with Crippen LogP contribution in [0.3, 0.4) is 0 Å². The number of aromatic nitrogens is 1. The Morgan fingerprint density at radius 2 is 2.35 bits per heavy atom. The standard InChI is InChI=1S/C12H18N2O3/c1-16-7-8-17-14-11-4-2-3-10-9(11)5-6-12(15)13-10/h5-6,11,14H,2-4,7-8H2,1H3,(H,13,15). The summed E-state index contributed by atoms with van der Waals surface area (Å²) in [5, 5.41) is 0. The quantitative estimate of drug-likeness (QED) is 0.591. The third-order valence-corrected chi connectivity index (χ3v) is 2.95. The second kappa shape index (κ2) is 5.95. The Kier molecular flexibility index (Phi) is 4.30. The largest absolute Gasteiger partial charge is 0.382 e. The molecule has 0 amide bonds. The molecule has 2 rings (SSSR count). The molecule has 5 heteroatoms. The molecule has 1 aromatic heterocycles. The van der Waals surface area contributed by atoms with Crippen LogP contribution < -0.4 is 11.0 Å². The van der Waals surface area contributed by atoms with Crippen molar-refractivity contribution in [2.45, 2.75) is 25.3 Å². The van der Waals surface area contributed by atoms with Gasteiger partial charge in [0.05, 0.1) is 19.3 Å². The molecule has 0 bridgehead atoms. The lowest BCUT2D eigenvalue weighted by molar-refractivity contribution is -0.0155. The fourth-order valence-electron chi connectivity index (χ4n) is 2.11. The molecule has 94 valence electrons. The molecule has 2 N–H and O–H groups in total. The highest BCUT2D eigenvalue weighted by Crippen LogP contribution is 2.27. The third kappa shape index (κ3) is 3.15.